The van der Waals surface area contributed by atoms with Crippen LogP contribution in [0.1, 0.15) is 6.42 Å². The molecule has 0 aromatic rings. The third kappa shape index (κ3) is 10.8. The standard InChI is InChI=1S/C6H11IO3.Zn/c1-9-6(8)5-10-4-2-3-7;/h2-5H2,1H3;. The van der Waals surface area contributed by atoms with E-state index < -0.39 is 0 Å². The van der Waals surface area contributed by atoms with E-state index in [1.54, 1.807) is 0 Å². The molecule has 0 aromatic carbocycles. The van der Waals surface area contributed by atoms with Gasteiger partial charge in [-0.05, 0) is 6.42 Å². The zero-order valence-corrected chi connectivity index (χ0v) is 11.8. The predicted molar refractivity (Wildman–Crippen MR) is 46.3 cm³/mol. The van der Waals surface area contributed by atoms with Gasteiger partial charge in [-0.15, -0.1) is 0 Å². The number of hydrogen-bond acceptors (Lipinski definition) is 3. The average Bonchev–Trinajstić information content (AvgIpc) is 1.98. The molecule has 0 heterocycles. The molecule has 0 rings (SSSR count). The summed E-state index contributed by atoms with van der Waals surface area (Å²) in [6, 6.07) is 0. The van der Waals surface area contributed by atoms with Gasteiger partial charge in [-0.1, -0.05) is 22.6 Å². The molecule has 0 unspecified atom stereocenters. The minimum atomic E-state index is -0.312. The van der Waals surface area contributed by atoms with Gasteiger partial charge in [-0.2, -0.15) is 0 Å². The van der Waals surface area contributed by atoms with Crippen molar-refractivity contribution in [2.45, 2.75) is 6.42 Å². The van der Waals surface area contributed by atoms with Crippen molar-refractivity contribution in [2.24, 2.45) is 0 Å². The van der Waals surface area contributed by atoms with E-state index in [0.717, 1.165) is 10.8 Å². The van der Waals surface area contributed by atoms with Crippen LogP contribution in [0.2, 0.25) is 0 Å². The van der Waals surface area contributed by atoms with Gasteiger partial charge in [0.05, 0.1) is 7.11 Å². The Labute approximate surface area is 93.1 Å². The molecule has 0 N–H and O–H groups in total. The molecule has 11 heavy (non-hydrogen) atoms. The summed E-state index contributed by atoms with van der Waals surface area (Å²) >= 11 is 2.26. The molecule has 0 aliphatic carbocycles. The Hall–Kier alpha value is 0.783. The number of halogens is 1. The van der Waals surface area contributed by atoms with Crippen LogP contribution in [-0.2, 0) is 33.7 Å². The summed E-state index contributed by atoms with van der Waals surface area (Å²) < 4.78 is 10.4. The molecule has 0 aliphatic heterocycles. The van der Waals surface area contributed by atoms with Crippen LogP contribution in [0, 0.1) is 0 Å². The first-order chi connectivity index (χ1) is 4.81. The third-order valence-corrected chi connectivity index (χ3v) is 1.63. The minimum Gasteiger partial charge on any atom is -0.467 e. The van der Waals surface area contributed by atoms with Crippen molar-refractivity contribution in [3.8, 4) is 0 Å². The molecular weight excluding hydrogens is 312 g/mol. The molecule has 0 saturated carbocycles. The second-order valence-corrected chi connectivity index (χ2v) is 2.75. The second-order valence-electron chi connectivity index (χ2n) is 1.67. The average molecular weight is 323 g/mol. The van der Waals surface area contributed by atoms with Crippen LogP contribution in [0.25, 0.3) is 0 Å². The van der Waals surface area contributed by atoms with E-state index in [2.05, 4.69) is 27.3 Å². The number of carbonyl (C=O) groups excluding carboxylic acids is 1. The number of carbonyl (C=O) groups is 1. The van der Waals surface area contributed by atoms with Crippen LogP contribution in [0.15, 0.2) is 0 Å². The minimum absolute atomic E-state index is 0. The van der Waals surface area contributed by atoms with Crippen molar-refractivity contribution in [2.75, 3.05) is 24.8 Å². The smallest absolute Gasteiger partial charge is 0.331 e. The normalized spacial score (nSPS) is 8.55. The van der Waals surface area contributed by atoms with E-state index in [1.807, 2.05) is 0 Å². The van der Waals surface area contributed by atoms with Gasteiger partial charge in [0.25, 0.3) is 0 Å². The Kier molecular flexibility index (Phi) is 14.0. The summed E-state index contributed by atoms with van der Waals surface area (Å²) in [4.78, 5) is 10.4. The number of alkyl halides is 1. The number of methoxy groups -OCH3 is 1. The maximum absolute atomic E-state index is 10.4. The van der Waals surface area contributed by atoms with Gasteiger partial charge in [-0.3, -0.25) is 0 Å². The third-order valence-electron chi connectivity index (χ3n) is 0.870. The molecule has 0 radical (unpaired) electrons. The van der Waals surface area contributed by atoms with E-state index in [-0.39, 0.29) is 32.1 Å². The Bertz CT molecular complexity index is 99.8. The zero-order chi connectivity index (χ0) is 7.82. The number of esters is 1. The predicted octanol–water partition coefficient (Wildman–Crippen LogP) is 0.999. The monoisotopic (exact) mass is 322 g/mol. The fraction of sp³-hybridized carbons (Fsp3) is 0.833. The van der Waals surface area contributed by atoms with Gasteiger partial charge in [0.2, 0.25) is 0 Å². The van der Waals surface area contributed by atoms with Gasteiger partial charge in [-0.25, -0.2) is 4.79 Å². The molecule has 5 heteroatoms. The van der Waals surface area contributed by atoms with Crippen LogP contribution in [0.3, 0.4) is 0 Å². The second kappa shape index (κ2) is 10.8. The van der Waals surface area contributed by atoms with E-state index >= 15 is 0 Å². The molecule has 0 aromatic heterocycles. The number of hydrogen-bond donors (Lipinski definition) is 0. The van der Waals surface area contributed by atoms with Crippen molar-refractivity contribution < 1.29 is 33.7 Å². The van der Waals surface area contributed by atoms with Gasteiger partial charge < -0.3 is 9.47 Å². The van der Waals surface area contributed by atoms with Crippen molar-refractivity contribution in [3.63, 3.8) is 0 Å². The topological polar surface area (TPSA) is 35.5 Å². The van der Waals surface area contributed by atoms with Gasteiger partial charge in [0, 0.05) is 30.5 Å². The molecule has 0 atom stereocenters. The summed E-state index contributed by atoms with van der Waals surface area (Å²) in [6.07, 6.45) is 0.984. The quantitative estimate of drug-likeness (QED) is 0.249. The van der Waals surface area contributed by atoms with E-state index in [9.17, 15) is 4.79 Å². The first-order valence-corrected chi connectivity index (χ1v) is 4.54. The summed E-state index contributed by atoms with van der Waals surface area (Å²) in [5.74, 6) is -0.312. The summed E-state index contributed by atoms with van der Waals surface area (Å²) in [5.41, 5.74) is 0. The van der Waals surface area contributed by atoms with Crippen LogP contribution >= 0.6 is 22.6 Å². The maximum Gasteiger partial charge on any atom is 0.331 e. The SMILES string of the molecule is COC(=O)COCCCI.[Zn]. The molecule has 0 spiro atoms. The van der Waals surface area contributed by atoms with Crippen LogP contribution < -0.4 is 0 Å². The molecule has 0 saturated heterocycles. The fourth-order valence-electron chi connectivity index (χ4n) is 0.371. The molecule has 0 bridgehead atoms. The van der Waals surface area contributed by atoms with E-state index in [1.165, 1.54) is 7.11 Å². The molecule has 62 valence electrons. The first-order valence-electron chi connectivity index (χ1n) is 3.01. The molecule has 0 aliphatic rings. The van der Waals surface area contributed by atoms with Crippen molar-refractivity contribution in [1.82, 2.24) is 0 Å². The first kappa shape index (κ1) is 14.3. The summed E-state index contributed by atoms with van der Waals surface area (Å²) in [5, 5.41) is 0. The molecule has 0 fully saturated rings. The largest absolute Gasteiger partial charge is 0.467 e. The molecule has 3 nitrogen and oxygen atoms in total. The summed E-state index contributed by atoms with van der Waals surface area (Å²) in [6.45, 7) is 0.713. The number of rotatable bonds is 5. The van der Waals surface area contributed by atoms with E-state index in [0.29, 0.717) is 6.61 Å². The Morgan fingerprint density at radius 1 is 1.55 bits per heavy atom. The summed E-state index contributed by atoms with van der Waals surface area (Å²) in [7, 11) is 1.35. The Balaban J connectivity index is 0. The molecular formula is C6H11IO3Zn. The van der Waals surface area contributed by atoms with Crippen LogP contribution in [-0.4, -0.2) is 30.7 Å². The maximum atomic E-state index is 10.4. The van der Waals surface area contributed by atoms with E-state index in [4.69, 9.17) is 4.74 Å². The van der Waals surface area contributed by atoms with Gasteiger partial charge in [0.1, 0.15) is 6.61 Å². The Morgan fingerprint density at radius 2 is 2.18 bits per heavy atom. The Morgan fingerprint density at radius 3 is 2.64 bits per heavy atom. The van der Waals surface area contributed by atoms with Crippen LogP contribution in [0.5, 0.6) is 0 Å². The fourth-order valence-corrected chi connectivity index (χ4v) is 0.682. The van der Waals surface area contributed by atoms with Crippen molar-refractivity contribution >= 4 is 28.6 Å². The van der Waals surface area contributed by atoms with Crippen molar-refractivity contribution in [3.05, 3.63) is 0 Å². The van der Waals surface area contributed by atoms with Gasteiger partial charge >= 0.3 is 5.97 Å². The number of ether oxygens (including phenoxy) is 2. The zero-order valence-electron chi connectivity index (χ0n) is 6.64. The molecule has 0 amide bonds. The van der Waals surface area contributed by atoms with Crippen molar-refractivity contribution in [1.29, 1.82) is 0 Å². The van der Waals surface area contributed by atoms with Crippen LogP contribution in [0.4, 0.5) is 0 Å². The van der Waals surface area contributed by atoms with Gasteiger partial charge in [0.15, 0.2) is 0 Å².